The molecule has 4 aromatic carbocycles. The number of benzene rings is 4. The zero-order chi connectivity index (χ0) is 37.6. The smallest absolute Gasteiger partial charge is 0.495 e. The normalized spacial score (nSPS) is 12.5. The number of thiophene rings is 2. The third kappa shape index (κ3) is 6.62. The molecule has 0 spiro atoms. The van der Waals surface area contributed by atoms with Gasteiger partial charge >= 0.3 is 21.1 Å². The molecule has 0 N–H and O–H groups in total. The molecule has 0 aliphatic heterocycles. The molecule has 0 saturated carbocycles. The zero-order valence-electron chi connectivity index (χ0n) is 31.8. The Kier molecular flexibility index (Phi) is 8.96. The van der Waals surface area contributed by atoms with Crippen molar-refractivity contribution >= 4 is 85.1 Å². The summed E-state index contributed by atoms with van der Waals surface area (Å²) in [5.74, 6) is 3.18. The quantitative estimate of drug-likeness (QED) is 0.155. The van der Waals surface area contributed by atoms with E-state index in [1.54, 1.807) is 29.0 Å². The number of fused-ring (bicyclic) bond motifs is 8. The molecule has 0 amide bonds. The first-order valence-corrected chi connectivity index (χ1v) is 20.1. The maximum absolute atomic E-state index is 6.95. The molecular formula is C47H37N3O3PtS2. The molecule has 280 valence electrons. The molecule has 0 unspecified atom stereocenters. The first-order valence-electron chi connectivity index (χ1n) is 18.5. The van der Waals surface area contributed by atoms with Gasteiger partial charge in [-0.15, -0.1) is 45.9 Å². The average molecular weight is 951 g/mol. The molecule has 6 aromatic heterocycles. The fraction of sp³-hybridized carbons (Fsp3) is 0.213. The van der Waals surface area contributed by atoms with Crippen molar-refractivity contribution in [1.29, 1.82) is 0 Å². The second-order valence-electron chi connectivity index (χ2n) is 16.7. The summed E-state index contributed by atoms with van der Waals surface area (Å²) in [4.78, 5) is 15.3. The molecule has 10 aromatic rings. The van der Waals surface area contributed by atoms with Crippen molar-refractivity contribution in [2.45, 2.75) is 54.4 Å². The monoisotopic (exact) mass is 950 g/mol. The van der Waals surface area contributed by atoms with E-state index in [2.05, 4.69) is 113 Å². The molecule has 0 aliphatic rings. The Balaban J connectivity index is 0.00000410. The second kappa shape index (κ2) is 13.7. The van der Waals surface area contributed by atoms with Crippen LogP contribution in [0, 0.1) is 23.0 Å². The summed E-state index contributed by atoms with van der Waals surface area (Å²) in [5.41, 5.74) is 5.18. The van der Waals surface area contributed by atoms with E-state index in [0.29, 0.717) is 11.5 Å². The molecular weight excluding hydrogens is 914 g/mol. The summed E-state index contributed by atoms with van der Waals surface area (Å²) in [6.07, 6.45) is 5.22. The van der Waals surface area contributed by atoms with Gasteiger partial charge in [0.05, 0.1) is 16.2 Å². The van der Waals surface area contributed by atoms with Gasteiger partial charge in [-0.1, -0.05) is 124 Å². The van der Waals surface area contributed by atoms with Gasteiger partial charge in [0.25, 0.3) is 0 Å². The number of hydrogen-bond acceptors (Lipinski definition) is 8. The summed E-state index contributed by atoms with van der Waals surface area (Å²) in [6, 6.07) is 34.5. The van der Waals surface area contributed by atoms with Crippen molar-refractivity contribution < 1.29 is 34.6 Å². The first-order chi connectivity index (χ1) is 26.4. The number of aromatic nitrogens is 3. The van der Waals surface area contributed by atoms with Gasteiger partial charge in [-0.2, -0.15) is 0 Å². The predicted molar refractivity (Wildman–Crippen MR) is 227 cm³/mol. The van der Waals surface area contributed by atoms with Gasteiger partial charge in [0, 0.05) is 45.2 Å². The van der Waals surface area contributed by atoms with Crippen molar-refractivity contribution in [1.82, 2.24) is 15.0 Å². The van der Waals surface area contributed by atoms with E-state index in [0.717, 1.165) is 109 Å². The topological polar surface area (TPSA) is 74.2 Å². The zero-order valence-corrected chi connectivity index (χ0v) is 35.7. The number of furan rings is 2. The number of pyridine rings is 1. The molecule has 0 saturated heterocycles. The summed E-state index contributed by atoms with van der Waals surface area (Å²) in [5, 5.41) is 6.19. The first kappa shape index (κ1) is 36.7. The fourth-order valence-corrected chi connectivity index (χ4v) is 9.80. The van der Waals surface area contributed by atoms with Crippen LogP contribution in [-0.2, 0) is 33.9 Å². The van der Waals surface area contributed by atoms with E-state index in [-0.39, 0.29) is 31.9 Å². The molecule has 0 bridgehead atoms. The van der Waals surface area contributed by atoms with Gasteiger partial charge in [0.15, 0.2) is 10.5 Å². The number of nitrogens with zero attached hydrogens (tertiary/aromatic N) is 3. The van der Waals surface area contributed by atoms with Crippen LogP contribution in [0.4, 0.5) is 0 Å². The third-order valence-electron chi connectivity index (χ3n) is 9.75. The Morgan fingerprint density at radius 1 is 0.625 bits per heavy atom. The summed E-state index contributed by atoms with van der Waals surface area (Å²) >= 11 is 3.29. The number of rotatable bonds is 6. The summed E-state index contributed by atoms with van der Waals surface area (Å²) in [6.45, 7) is 13.4. The predicted octanol–water partition coefficient (Wildman–Crippen LogP) is 14.0. The van der Waals surface area contributed by atoms with Crippen LogP contribution in [0.2, 0.25) is 0 Å². The van der Waals surface area contributed by atoms with Crippen LogP contribution in [0.5, 0.6) is 11.5 Å². The Hall–Kier alpha value is -4.88. The van der Waals surface area contributed by atoms with Crippen LogP contribution in [0.25, 0.3) is 84.9 Å². The Morgan fingerprint density at radius 2 is 1.23 bits per heavy atom. The Bertz CT molecular complexity index is 2910. The van der Waals surface area contributed by atoms with Crippen LogP contribution in [-0.4, -0.2) is 15.0 Å². The van der Waals surface area contributed by atoms with Crippen LogP contribution in [0.3, 0.4) is 0 Å². The average Bonchev–Trinajstić information content (AvgIpc) is 3.89. The maximum Gasteiger partial charge on any atom is 2.00 e. The van der Waals surface area contributed by atoms with E-state index in [4.69, 9.17) is 23.5 Å². The third-order valence-corrected chi connectivity index (χ3v) is 12.0. The summed E-state index contributed by atoms with van der Waals surface area (Å²) < 4.78 is 22.8. The van der Waals surface area contributed by atoms with Crippen molar-refractivity contribution in [3.63, 3.8) is 0 Å². The minimum atomic E-state index is 0. The minimum absolute atomic E-state index is 0. The van der Waals surface area contributed by atoms with Crippen molar-refractivity contribution in [3.8, 4) is 34.0 Å². The van der Waals surface area contributed by atoms with Crippen molar-refractivity contribution in [2.75, 3.05) is 0 Å². The van der Waals surface area contributed by atoms with E-state index in [9.17, 15) is 0 Å². The largest absolute Gasteiger partial charge is 2.00 e. The number of ether oxygens (including phenoxy) is 1. The number of hydrogen-bond donors (Lipinski definition) is 0. The van der Waals surface area contributed by atoms with E-state index in [1.165, 1.54) is 0 Å². The van der Waals surface area contributed by atoms with E-state index < -0.39 is 0 Å². The molecule has 0 atom stereocenters. The second-order valence-corrected chi connectivity index (χ2v) is 18.8. The van der Waals surface area contributed by atoms with Gasteiger partial charge in [-0.3, -0.25) is 4.98 Å². The fourth-order valence-electron chi connectivity index (χ4n) is 7.49. The molecule has 0 radical (unpaired) electrons. The van der Waals surface area contributed by atoms with Crippen molar-refractivity contribution in [3.05, 3.63) is 115 Å². The van der Waals surface area contributed by atoms with Gasteiger partial charge in [-0.25, -0.2) is 4.98 Å². The van der Waals surface area contributed by atoms with Crippen LogP contribution >= 0.6 is 22.7 Å². The maximum atomic E-state index is 6.95. The molecule has 6 heterocycles. The van der Waals surface area contributed by atoms with Gasteiger partial charge in [0.1, 0.15) is 23.4 Å². The van der Waals surface area contributed by atoms with E-state index >= 15 is 0 Å². The van der Waals surface area contributed by atoms with Crippen LogP contribution in [0.1, 0.15) is 53.1 Å². The molecule has 6 nitrogen and oxygen atoms in total. The molecule has 0 aliphatic carbocycles. The van der Waals surface area contributed by atoms with Gasteiger partial charge < -0.3 is 18.6 Å². The van der Waals surface area contributed by atoms with Crippen LogP contribution < -0.4 is 4.74 Å². The van der Waals surface area contributed by atoms with Gasteiger partial charge in [0.2, 0.25) is 0 Å². The van der Waals surface area contributed by atoms with E-state index in [1.807, 2.05) is 30.5 Å². The Morgan fingerprint density at radius 3 is 1.88 bits per heavy atom. The molecule has 10 rings (SSSR count). The SMILES string of the molecule is CC(C)(C)Cc1cc2c(o1)sc1c(-c3[c-]c(Oc4[c-]c(-c5ncnc6c5sc5cc(CC(C)(C)C)oc56)cc5ccccc45)c4ccccc4c3)nccc12.[Pt+2]. The minimum Gasteiger partial charge on any atom is -0.495 e. The standard InChI is InChI=1S/C47H37N3O3S2.Pt/c1-46(2,3)23-30-21-35-34-15-16-48-39(43(34)55-45(35)52-30)28-17-26-11-7-9-13-32(26)36(19-28)53-37-20-29(18-27-12-8-10-14-33(27)37)40-44-41(50-25-49-40)42-38(54-44)22-31(51-42)24-47(4,5)6;/h7-18,21-22,25H,23-24H2,1-6H3;/q-2;+2. The van der Waals surface area contributed by atoms with Crippen LogP contribution in [0.15, 0.2) is 100 Å². The van der Waals surface area contributed by atoms with Gasteiger partial charge in [-0.05, 0) is 34.4 Å². The molecule has 56 heavy (non-hydrogen) atoms. The molecule has 9 heteroatoms. The summed E-state index contributed by atoms with van der Waals surface area (Å²) in [7, 11) is 0. The molecule has 0 fully saturated rings. The Labute approximate surface area is 346 Å². The van der Waals surface area contributed by atoms with Crippen molar-refractivity contribution in [2.24, 2.45) is 10.8 Å².